The zero-order chi connectivity index (χ0) is 15.2. The van der Waals surface area contributed by atoms with Gasteiger partial charge in [0.2, 0.25) is 0 Å². The minimum atomic E-state index is 0.244. The van der Waals surface area contributed by atoms with Crippen LogP contribution in [0.15, 0.2) is 30.3 Å². The van der Waals surface area contributed by atoms with Crippen LogP contribution in [0.25, 0.3) is 0 Å². The molecule has 1 saturated heterocycles. The van der Waals surface area contributed by atoms with Gasteiger partial charge in [-0.05, 0) is 50.8 Å². The molecule has 0 radical (unpaired) electrons. The SMILES string of the molecule is OCC[C@@H](NC1CCN(C2CCCC2)CC1)c1ccccc1. The van der Waals surface area contributed by atoms with Crippen LogP contribution >= 0.6 is 0 Å². The first kappa shape index (κ1) is 16.0. The van der Waals surface area contributed by atoms with E-state index in [4.69, 9.17) is 0 Å². The standard InChI is InChI=1S/C19H30N2O/c22-15-12-19(16-6-2-1-3-7-16)20-17-10-13-21(14-11-17)18-8-4-5-9-18/h1-3,6-7,17-20,22H,4-5,8-15H2/t19-/m1/s1. The Balaban J connectivity index is 1.51. The zero-order valence-electron chi connectivity index (χ0n) is 13.6. The molecule has 122 valence electrons. The molecule has 3 heteroatoms. The van der Waals surface area contributed by atoms with E-state index in [1.807, 2.05) is 0 Å². The number of aliphatic hydroxyl groups is 1. The predicted molar refractivity (Wildman–Crippen MR) is 90.9 cm³/mol. The number of hydrogen-bond donors (Lipinski definition) is 2. The average Bonchev–Trinajstić information content (AvgIpc) is 3.10. The van der Waals surface area contributed by atoms with Gasteiger partial charge in [0, 0.05) is 24.7 Å². The third-order valence-corrected chi connectivity index (χ3v) is 5.43. The number of benzene rings is 1. The van der Waals surface area contributed by atoms with Gasteiger partial charge in [0.15, 0.2) is 0 Å². The van der Waals surface area contributed by atoms with Crippen LogP contribution in [0, 0.1) is 0 Å². The summed E-state index contributed by atoms with van der Waals surface area (Å²) in [5.74, 6) is 0. The maximum atomic E-state index is 9.36. The molecule has 0 aromatic heterocycles. The van der Waals surface area contributed by atoms with Gasteiger partial charge in [-0.3, -0.25) is 0 Å². The van der Waals surface area contributed by atoms with Gasteiger partial charge in [-0.25, -0.2) is 0 Å². The molecule has 2 N–H and O–H groups in total. The molecule has 3 rings (SSSR count). The number of rotatable bonds is 6. The first-order chi connectivity index (χ1) is 10.9. The molecule has 0 bridgehead atoms. The van der Waals surface area contributed by atoms with Crippen molar-refractivity contribution in [3.63, 3.8) is 0 Å². The van der Waals surface area contributed by atoms with Crippen LogP contribution < -0.4 is 5.32 Å². The molecule has 1 atom stereocenters. The molecule has 3 nitrogen and oxygen atoms in total. The predicted octanol–water partition coefficient (Wildman–Crippen LogP) is 3.11. The van der Waals surface area contributed by atoms with Crippen molar-refractivity contribution in [2.24, 2.45) is 0 Å². The van der Waals surface area contributed by atoms with Crippen molar-refractivity contribution >= 4 is 0 Å². The van der Waals surface area contributed by atoms with Gasteiger partial charge < -0.3 is 15.3 Å². The molecule has 1 aromatic carbocycles. The number of piperidine rings is 1. The van der Waals surface area contributed by atoms with E-state index in [1.165, 1.54) is 57.2 Å². The van der Waals surface area contributed by atoms with E-state index >= 15 is 0 Å². The van der Waals surface area contributed by atoms with Gasteiger partial charge in [0.1, 0.15) is 0 Å². The maximum absolute atomic E-state index is 9.36. The molecule has 0 unspecified atom stereocenters. The largest absolute Gasteiger partial charge is 0.396 e. The molecule has 0 amide bonds. The van der Waals surface area contributed by atoms with E-state index in [9.17, 15) is 5.11 Å². The summed E-state index contributed by atoms with van der Waals surface area (Å²) in [5, 5.41) is 13.2. The summed E-state index contributed by atoms with van der Waals surface area (Å²) in [6.07, 6.45) is 8.96. The highest BCUT2D eigenvalue weighted by atomic mass is 16.3. The van der Waals surface area contributed by atoms with Crippen LogP contribution in [-0.4, -0.2) is 41.8 Å². The van der Waals surface area contributed by atoms with Crippen LogP contribution in [0.1, 0.15) is 56.6 Å². The van der Waals surface area contributed by atoms with E-state index in [1.54, 1.807) is 0 Å². The molecular formula is C19H30N2O. The summed E-state index contributed by atoms with van der Waals surface area (Å²) >= 11 is 0. The second kappa shape index (κ2) is 8.09. The van der Waals surface area contributed by atoms with Crippen LogP contribution in [-0.2, 0) is 0 Å². The lowest BCUT2D eigenvalue weighted by atomic mass is 9.98. The monoisotopic (exact) mass is 302 g/mol. The fraction of sp³-hybridized carbons (Fsp3) is 0.684. The molecule has 2 fully saturated rings. The van der Waals surface area contributed by atoms with Crippen molar-refractivity contribution in [3.05, 3.63) is 35.9 Å². The van der Waals surface area contributed by atoms with Gasteiger partial charge in [-0.2, -0.15) is 0 Å². The summed E-state index contributed by atoms with van der Waals surface area (Å²) in [4.78, 5) is 2.72. The van der Waals surface area contributed by atoms with E-state index in [0.717, 1.165) is 12.5 Å². The van der Waals surface area contributed by atoms with Crippen LogP contribution in [0.4, 0.5) is 0 Å². The molecule has 1 aliphatic carbocycles. The van der Waals surface area contributed by atoms with Crippen molar-refractivity contribution in [2.75, 3.05) is 19.7 Å². The van der Waals surface area contributed by atoms with E-state index in [0.29, 0.717) is 6.04 Å². The number of nitrogens with zero attached hydrogens (tertiary/aromatic N) is 1. The van der Waals surface area contributed by atoms with Gasteiger partial charge in [0.25, 0.3) is 0 Å². The summed E-state index contributed by atoms with van der Waals surface area (Å²) in [7, 11) is 0. The fourth-order valence-electron chi connectivity index (χ4n) is 4.15. The lowest BCUT2D eigenvalue weighted by Crippen LogP contribution is -2.46. The molecule has 1 heterocycles. The van der Waals surface area contributed by atoms with Crippen LogP contribution in [0.5, 0.6) is 0 Å². The van der Waals surface area contributed by atoms with Crippen LogP contribution in [0.2, 0.25) is 0 Å². The first-order valence-corrected chi connectivity index (χ1v) is 9.02. The van der Waals surface area contributed by atoms with E-state index < -0.39 is 0 Å². The van der Waals surface area contributed by atoms with Gasteiger partial charge in [0.05, 0.1) is 0 Å². The van der Waals surface area contributed by atoms with Gasteiger partial charge >= 0.3 is 0 Å². The second-order valence-electron chi connectivity index (χ2n) is 6.89. The highest BCUT2D eigenvalue weighted by Gasteiger charge is 2.28. The molecule has 1 aromatic rings. The summed E-state index contributed by atoms with van der Waals surface area (Å²) in [5.41, 5.74) is 1.30. The van der Waals surface area contributed by atoms with Crippen molar-refractivity contribution in [3.8, 4) is 0 Å². The number of aliphatic hydroxyl groups excluding tert-OH is 1. The molecule has 1 aliphatic heterocycles. The van der Waals surface area contributed by atoms with Gasteiger partial charge in [-0.15, -0.1) is 0 Å². The average molecular weight is 302 g/mol. The van der Waals surface area contributed by atoms with Crippen molar-refractivity contribution in [1.29, 1.82) is 0 Å². The lowest BCUT2D eigenvalue weighted by Gasteiger charge is -2.37. The number of hydrogen-bond acceptors (Lipinski definition) is 3. The molecule has 1 saturated carbocycles. The summed E-state index contributed by atoms with van der Waals surface area (Å²) in [6, 6.07) is 12.3. The molecule has 0 spiro atoms. The Labute approximate surface area is 134 Å². The first-order valence-electron chi connectivity index (χ1n) is 9.02. The Morgan fingerprint density at radius 3 is 2.36 bits per heavy atom. The highest BCUT2D eigenvalue weighted by molar-refractivity contribution is 5.19. The second-order valence-corrected chi connectivity index (χ2v) is 6.89. The van der Waals surface area contributed by atoms with Crippen molar-refractivity contribution in [1.82, 2.24) is 10.2 Å². The topological polar surface area (TPSA) is 35.5 Å². The van der Waals surface area contributed by atoms with Crippen molar-refractivity contribution in [2.45, 2.75) is 63.1 Å². The quantitative estimate of drug-likeness (QED) is 0.847. The lowest BCUT2D eigenvalue weighted by molar-refractivity contribution is 0.138. The minimum Gasteiger partial charge on any atom is -0.396 e. The highest BCUT2D eigenvalue weighted by Crippen LogP contribution is 2.27. The maximum Gasteiger partial charge on any atom is 0.0449 e. The zero-order valence-corrected chi connectivity index (χ0v) is 13.6. The van der Waals surface area contributed by atoms with E-state index in [-0.39, 0.29) is 12.6 Å². The Kier molecular flexibility index (Phi) is 5.88. The Hall–Kier alpha value is -0.900. The van der Waals surface area contributed by atoms with Crippen molar-refractivity contribution < 1.29 is 5.11 Å². The van der Waals surface area contributed by atoms with Crippen LogP contribution in [0.3, 0.4) is 0 Å². The number of nitrogens with one attached hydrogen (secondary N) is 1. The normalized spacial score (nSPS) is 23.0. The smallest absolute Gasteiger partial charge is 0.0449 e. The molecular weight excluding hydrogens is 272 g/mol. The minimum absolute atomic E-state index is 0.244. The summed E-state index contributed by atoms with van der Waals surface area (Å²) < 4.78 is 0. The Bertz CT molecular complexity index is 422. The third-order valence-electron chi connectivity index (χ3n) is 5.43. The summed E-state index contributed by atoms with van der Waals surface area (Å²) in [6.45, 7) is 2.72. The Morgan fingerprint density at radius 1 is 1.05 bits per heavy atom. The third kappa shape index (κ3) is 4.09. The number of likely N-dealkylation sites (tertiary alicyclic amines) is 1. The molecule has 22 heavy (non-hydrogen) atoms. The van der Waals surface area contributed by atoms with E-state index in [2.05, 4.69) is 40.5 Å². The van der Waals surface area contributed by atoms with Gasteiger partial charge in [-0.1, -0.05) is 43.2 Å². The fourth-order valence-corrected chi connectivity index (χ4v) is 4.15. The molecule has 2 aliphatic rings. The Morgan fingerprint density at radius 2 is 1.73 bits per heavy atom.